The summed E-state index contributed by atoms with van der Waals surface area (Å²) >= 11 is 6.30. The number of hydroxylamine groups is 1. The van der Waals surface area contributed by atoms with E-state index in [1.165, 1.54) is 13.2 Å². The molecule has 3 rings (SSSR count). The van der Waals surface area contributed by atoms with Crippen LogP contribution in [0.1, 0.15) is 46.3 Å². The smallest absolute Gasteiger partial charge is 0.182 e. The van der Waals surface area contributed by atoms with Crippen LogP contribution in [0.2, 0.25) is 0 Å². The Bertz CT molecular complexity index is 951. The minimum absolute atomic E-state index is 0.149. The Morgan fingerprint density at radius 1 is 1.33 bits per heavy atom. The molecule has 0 aromatic heterocycles. The van der Waals surface area contributed by atoms with E-state index in [4.69, 9.17) is 16.4 Å². The minimum atomic E-state index is -3.51. The van der Waals surface area contributed by atoms with E-state index in [0.29, 0.717) is 47.2 Å². The first-order chi connectivity index (χ1) is 12.7. The lowest BCUT2D eigenvalue weighted by molar-refractivity contribution is -0.122. The second-order valence-corrected chi connectivity index (χ2v) is 9.52. The molecule has 1 aliphatic heterocycles. The van der Waals surface area contributed by atoms with Crippen LogP contribution in [0.3, 0.4) is 0 Å². The monoisotopic (exact) mass is 411 g/mol. The lowest BCUT2D eigenvalue weighted by Crippen LogP contribution is -2.36. The molecule has 0 amide bonds. The van der Waals surface area contributed by atoms with E-state index in [0.717, 1.165) is 0 Å². The molecule has 1 N–H and O–H groups in total. The van der Waals surface area contributed by atoms with Crippen LogP contribution >= 0.6 is 11.6 Å². The Kier molecular flexibility index (Phi) is 5.47. The van der Waals surface area contributed by atoms with Gasteiger partial charge in [-0.05, 0) is 50.0 Å². The van der Waals surface area contributed by atoms with Gasteiger partial charge in [0.15, 0.2) is 15.6 Å². The molecule has 2 aliphatic rings. The molecular weight excluding hydrogens is 390 g/mol. The number of fused-ring (bicyclic) bond motifs is 1. The molecule has 1 heterocycles. The fourth-order valence-electron chi connectivity index (χ4n) is 3.93. The summed E-state index contributed by atoms with van der Waals surface area (Å²) in [6, 6.07) is 1.56. The van der Waals surface area contributed by atoms with Gasteiger partial charge in [-0.3, -0.25) is 19.9 Å². The number of rotatable bonds is 4. The van der Waals surface area contributed by atoms with Crippen LogP contribution in [-0.4, -0.2) is 38.2 Å². The van der Waals surface area contributed by atoms with Gasteiger partial charge in [0.1, 0.15) is 5.78 Å². The summed E-state index contributed by atoms with van der Waals surface area (Å²) in [5.74, 6) is -1.54. The molecular formula is C19H22ClNO5S. The third kappa shape index (κ3) is 3.44. The van der Waals surface area contributed by atoms with Gasteiger partial charge in [-0.25, -0.2) is 8.42 Å². The first-order valence-electron chi connectivity index (χ1n) is 8.76. The zero-order valence-corrected chi connectivity index (χ0v) is 17.0. The van der Waals surface area contributed by atoms with Crippen LogP contribution in [0.4, 0.5) is 0 Å². The van der Waals surface area contributed by atoms with E-state index in [9.17, 15) is 18.0 Å². The second kappa shape index (κ2) is 7.37. The van der Waals surface area contributed by atoms with E-state index in [1.807, 2.05) is 0 Å². The van der Waals surface area contributed by atoms with E-state index in [-0.39, 0.29) is 22.2 Å². The van der Waals surface area contributed by atoms with Crippen LogP contribution in [0.25, 0.3) is 5.70 Å². The Morgan fingerprint density at radius 3 is 2.67 bits per heavy atom. The fourth-order valence-corrected chi connectivity index (χ4v) is 6.01. The highest BCUT2D eigenvalue weighted by molar-refractivity contribution is 7.91. The summed E-state index contributed by atoms with van der Waals surface area (Å²) in [5.41, 5.74) is 4.92. The van der Waals surface area contributed by atoms with Gasteiger partial charge in [0.25, 0.3) is 0 Å². The number of aryl methyl sites for hydroxylation is 1. The maximum Gasteiger partial charge on any atom is 0.182 e. The van der Waals surface area contributed by atoms with Gasteiger partial charge in [-0.1, -0.05) is 0 Å². The standard InChI is InChI=1S/C19H22ClNO5S/c1-10-9-12(18(23)17-13(20)5-4-6-15(17)22)11(2)16-14(21-26-3)7-8-27(24,25)19(10)16/h7,9,13,17,21H,4-6,8H2,1-3H3. The molecule has 0 radical (unpaired) electrons. The topological polar surface area (TPSA) is 89.5 Å². The van der Waals surface area contributed by atoms with Gasteiger partial charge < -0.3 is 0 Å². The van der Waals surface area contributed by atoms with Crippen LogP contribution in [0.5, 0.6) is 0 Å². The quantitative estimate of drug-likeness (QED) is 0.354. The van der Waals surface area contributed by atoms with Crippen molar-refractivity contribution in [2.75, 3.05) is 12.9 Å². The first-order valence-corrected chi connectivity index (χ1v) is 10.9. The molecule has 1 saturated carbocycles. The summed E-state index contributed by atoms with van der Waals surface area (Å²) in [6.45, 7) is 3.34. The third-order valence-corrected chi connectivity index (χ3v) is 7.41. The number of hydrogen-bond donors (Lipinski definition) is 1. The van der Waals surface area contributed by atoms with Crippen molar-refractivity contribution in [3.63, 3.8) is 0 Å². The van der Waals surface area contributed by atoms with Crippen molar-refractivity contribution in [2.24, 2.45) is 5.92 Å². The number of sulfone groups is 1. The molecule has 1 aliphatic carbocycles. The van der Waals surface area contributed by atoms with Gasteiger partial charge >= 0.3 is 0 Å². The molecule has 8 heteroatoms. The zero-order valence-electron chi connectivity index (χ0n) is 15.5. The van der Waals surface area contributed by atoms with Crippen LogP contribution in [-0.2, 0) is 19.5 Å². The van der Waals surface area contributed by atoms with Crippen molar-refractivity contribution in [2.45, 2.75) is 43.4 Å². The molecule has 1 aromatic carbocycles. The van der Waals surface area contributed by atoms with E-state index in [1.54, 1.807) is 19.9 Å². The number of benzene rings is 1. The van der Waals surface area contributed by atoms with E-state index >= 15 is 0 Å². The van der Waals surface area contributed by atoms with E-state index in [2.05, 4.69) is 5.48 Å². The van der Waals surface area contributed by atoms with Crippen molar-refractivity contribution in [1.82, 2.24) is 5.48 Å². The summed E-state index contributed by atoms with van der Waals surface area (Å²) < 4.78 is 25.2. The van der Waals surface area contributed by atoms with Crippen LogP contribution in [0, 0.1) is 19.8 Å². The molecule has 6 nitrogen and oxygen atoms in total. The normalized spacial score (nSPS) is 24.1. The second-order valence-electron chi connectivity index (χ2n) is 6.99. The molecule has 0 spiro atoms. The van der Waals surface area contributed by atoms with Crippen molar-refractivity contribution in [3.05, 3.63) is 34.4 Å². The molecule has 0 bridgehead atoms. The lowest BCUT2D eigenvalue weighted by Gasteiger charge is -2.28. The summed E-state index contributed by atoms with van der Waals surface area (Å²) in [5, 5.41) is -0.537. The number of alkyl halides is 1. The number of nitrogens with one attached hydrogen (secondary N) is 1. The summed E-state index contributed by atoms with van der Waals surface area (Å²) in [7, 11) is -2.08. The highest BCUT2D eigenvalue weighted by Crippen LogP contribution is 2.37. The minimum Gasteiger partial charge on any atom is -0.299 e. The number of carbonyl (C=O) groups excluding carboxylic acids is 2. The zero-order chi connectivity index (χ0) is 19.9. The Labute approximate surface area is 163 Å². The molecule has 2 unspecified atom stereocenters. The maximum absolute atomic E-state index is 13.2. The van der Waals surface area contributed by atoms with Gasteiger partial charge in [-0.15, -0.1) is 11.6 Å². The highest BCUT2D eigenvalue weighted by atomic mass is 35.5. The van der Waals surface area contributed by atoms with Gasteiger partial charge in [0.2, 0.25) is 0 Å². The summed E-state index contributed by atoms with van der Waals surface area (Å²) in [4.78, 5) is 30.7. The third-order valence-electron chi connectivity index (χ3n) is 5.18. The largest absolute Gasteiger partial charge is 0.299 e. The Balaban J connectivity index is 2.19. The van der Waals surface area contributed by atoms with E-state index < -0.39 is 21.1 Å². The van der Waals surface area contributed by atoms with Crippen LogP contribution < -0.4 is 5.48 Å². The molecule has 1 aromatic rings. The van der Waals surface area contributed by atoms with Crippen molar-refractivity contribution >= 4 is 38.7 Å². The van der Waals surface area contributed by atoms with Gasteiger partial charge in [-0.2, -0.15) is 0 Å². The SMILES string of the molecule is CONC1=CCS(=O)(=O)c2c(C)cc(C(=O)C3C(=O)CCCC3Cl)c(C)c21. The number of Topliss-reactive ketones (excluding diaryl/α,β-unsaturated/α-hetero) is 2. The fraction of sp³-hybridized carbons (Fsp3) is 0.474. The number of halogens is 1. The van der Waals surface area contributed by atoms with Crippen molar-refractivity contribution in [1.29, 1.82) is 0 Å². The highest BCUT2D eigenvalue weighted by Gasteiger charge is 2.39. The maximum atomic E-state index is 13.2. The lowest BCUT2D eigenvalue weighted by atomic mass is 9.80. The van der Waals surface area contributed by atoms with Gasteiger partial charge in [0, 0.05) is 17.5 Å². The van der Waals surface area contributed by atoms with Crippen molar-refractivity contribution in [3.8, 4) is 0 Å². The molecule has 27 heavy (non-hydrogen) atoms. The predicted octanol–water partition coefficient (Wildman–Crippen LogP) is 2.74. The molecule has 2 atom stereocenters. The molecule has 146 valence electrons. The van der Waals surface area contributed by atoms with Crippen molar-refractivity contribution < 1.29 is 22.8 Å². The number of ketones is 2. The first kappa shape index (κ1) is 20.0. The number of carbonyl (C=O) groups is 2. The molecule has 0 saturated heterocycles. The Morgan fingerprint density at radius 2 is 2.04 bits per heavy atom. The predicted molar refractivity (Wildman–Crippen MR) is 102 cm³/mol. The number of hydrogen-bond acceptors (Lipinski definition) is 6. The van der Waals surface area contributed by atoms with Gasteiger partial charge in [0.05, 0.1) is 34.8 Å². The Hall–Kier alpha value is -1.70. The summed E-state index contributed by atoms with van der Waals surface area (Å²) in [6.07, 6.45) is 3.16. The average molecular weight is 412 g/mol. The van der Waals surface area contributed by atoms with Crippen LogP contribution in [0.15, 0.2) is 17.0 Å². The average Bonchev–Trinajstić information content (AvgIpc) is 2.59. The molecule has 1 fully saturated rings.